The molecule has 2 aliphatic heterocycles. The van der Waals surface area contributed by atoms with Gasteiger partial charge in [-0.2, -0.15) is 0 Å². The molecule has 22 heavy (non-hydrogen) atoms. The van der Waals surface area contributed by atoms with Crippen LogP contribution in [-0.4, -0.2) is 39.4 Å². The Kier molecular flexibility index (Phi) is 3.54. The molecule has 2 aromatic rings. The van der Waals surface area contributed by atoms with Crippen molar-refractivity contribution in [2.24, 2.45) is 5.92 Å². The minimum atomic E-state index is 0.493. The van der Waals surface area contributed by atoms with Gasteiger partial charge in [0, 0.05) is 18.5 Å². The minimum absolute atomic E-state index is 0.493. The van der Waals surface area contributed by atoms with E-state index in [0.717, 1.165) is 43.3 Å². The molecule has 0 radical (unpaired) electrons. The average Bonchev–Trinajstić information content (AvgIpc) is 3.00. The fourth-order valence-corrected chi connectivity index (χ4v) is 3.64. The highest BCUT2D eigenvalue weighted by Crippen LogP contribution is 2.37. The molecule has 4 rings (SSSR count). The molecule has 4 heterocycles. The zero-order chi connectivity index (χ0) is 14.9. The molecule has 0 unspecified atom stereocenters. The second kappa shape index (κ2) is 5.68. The number of aryl methyl sites for hydroxylation is 1. The van der Waals surface area contributed by atoms with Crippen molar-refractivity contribution in [3.63, 3.8) is 0 Å². The minimum Gasteiger partial charge on any atom is -0.478 e. The van der Waals surface area contributed by atoms with Gasteiger partial charge in [0.05, 0.1) is 6.61 Å². The third-order valence-corrected chi connectivity index (χ3v) is 4.65. The molecule has 6 nitrogen and oxygen atoms in total. The molecular weight excluding hydrogens is 278 g/mol. The highest BCUT2D eigenvalue weighted by Gasteiger charge is 2.34. The van der Waals surface area contributed by atoms with E-state index in [0.29, 0.717) is 24.4 Å². The number of fused-ring (bicyclic) bond motifs is 3. The van der Waals surface area contributed by atoms with Gasteiger partial charge in [-0.25, -0.2) is 4.98 Å². The number of rotatable bonds is 3. The third-order valence-electron chi connectivity index (χ3n) is 4.65. The first-order chi connectivity index (χ1) is 10.9. The second-order valence-electron chi connectivity index (χ2n) is 5.96. The van der Waals surface area contributed by atoms with Crippen LogP contribution in [-0.2, 0) is 6.42 Å². The molecule has 0 amide bonds. The molecule has 2 atom stereocenters. The zero-order valence-electron chi connectivity index (χ0n) is 12.8. The van der Waals surface area contributed by atoms with Crippen LogP contribution in [0.25, 0.3) is 11.5 Å². The van der Waals surface area contributed by atoms with Crippen molar-refractivity contribution in [1.82, 2.24) is 25.1 Å². The lowest BCUT2D eigenvalue weighted by Crippen LogP contribution is -2.41. The van der Waals surface area contributed by atoms with Crippen LogP contribution in [0.4, 0.5) is 0 Å². The van der Waals surface area contributed by atoms with Crippen molar-refractivity contribution in [3.8, 4) is 17.4 Å². The number of piperidine rings is 1. The summed E-state index contributed by atoms with van der Waals surface area (Å²) in [7, 11) is 0. The van der Waals surface area contributed by atoms with Crippen molar-refractivity contribution < 1.29 is 4.74 Å². The molecule has 116 valence electrons. The van der Waals surface area contributed by atoms with Gasteiger partial charge in [-0.3, -0.25) is 0 Å². The van der Waals surface area contributed by atoms with Crippen molar-refractivity contribution in [2.75, 3.05) is 19.7 Å². The summed E-state index contributed by atoms with van der Waals surface area (Å²) in [5.74, 6) is 3.30. The Morgan fingerprint density at radius 3 is 3.18 bits per heavy atom. The highest BCUT2D eigenvalue weighted by molar-refractivity contribution is 5.51. The molecule has 0 bridgehead atoms. The summed E-state index contributed by atoms with van der Waals surface area (Å²) in [6, 6.07) is 6.34. The predicted octanol–water partition coefficient (Wildman–Crippen LogP) is 1.84. The van der Waals surface area contributed by atoms with E-state index in [-0.39, 0.29) is 0 Å². The molecule has 0 aromatic carbocycles. The maximum atomic E-state index is 5.52. The fraction of sp³-hybridized carbons (Fsp3) is 0.562. The van der Waals surface area contributed by atoms with E-state index in [1.807, 2.05) is 25.1 Å². The number of hydrogen-bond acceptors (Lipinski definition) is 5. The molecule has 0 aliphatic carbocycles. The largest absolute Gasteiger partial charge is 0.478 e. The average molecular weight is 299 g/mol. The number of ether oxygens (including phenoxy) is 1. The molecule has 1 saturated heterocycles. The second-order valence-corrected chi connectivity index (χ2v) is 5.96. The van der Waals surface area contributed by atoms with Crippen LogP contribution in [0.5, 0.6) is 5.88 Å². The van der Waals surface area contributed by atoms with Gasteiger partial charge < -0.3 is 14.6 Å². The van der Waals surface area contributed by atoms with Crippen molar-refractivity contribution in [3.05, 3.63) is 24.0 Å². The highest BCUT2D eigenvalue weighted by atomic mass is 16.5. The van der Waals surface area contributed by atoms with Crippen molar-refractivity contribution in [2.45, 2.75) is 32.2 Å². The maximum Gasteiger partial charge on any atom is 0.213 e. The molecule has 6 heteroatoms. The Labute approximate surface area is 129 Å². The van der Waals surface area contributed by atoms with Crippen molar-refractivity contribution in [1.29, 1.82) is 0 Å². The van der Waals surface area contributed by atoms with Crippen LogP contribution in [0.1, 0.15) is 31.6 Å². The standard InChI is InChI=1S/C16H21N5O/c1-2-22-15-5-3-4-12(18-15)16-20-19-14-7-6-11-10-17-9-8-13(11)21(14)16/h3-5,11,13,17H,2,6-10H2,1H3/t11-,13-/m1/s1. The molecular formula is C16H21N5O. The summed E-state index contributed by atoms with van der Waals surface area (Å²) in [5, 5.41) is 12.3. The Bertz CT molecular complexity index is 668. The monoisotopic (exact) mass is 299 g/mol. The van der Waals surface area contributed by atoms with Crippen molar-refractivity contribution >= 4 is 0 Å². The lowest BCUT2D eigenvalue weighted by atomic mass is 9.86. The summed E-state index contributed by atoms with van der Waals surface area (Å²) in [6.45, 7) is 4.73. The molecule has 1 N–H and O–H groups in total. The lowest BCUT2D eigenvalue weighted by molar-refractivity contribution is 0.215. The van der Waals surface area contributed by atoms with Gasteiger partial charge in [-0.15, -0.1) is 10.2 Å². The molecule has 2 aromatic heterocycles. The van der Waals surface area contributed by atoms with E-state index < -0.39 is 0 Å². The van der Waals surface area contributed by atoms with E-state index in [9.17, 15) is 0 Å². The molecule has 1 fully saturated rings. The van der Waals surface area contributed by atoms with Gasteiger partial charge in [0.2, 0.25) is 5.88 Å². The first-order valence-corrected chi connectivity index (χ1v) is 8.11. The quantitative estimate of drug-likeness (QED) is 0.937. The smallest absolute Gasteiger partial charge is 0.213 e. The summed E-state index contributed by atoms with van der Waals surface area (Å²) in [4.78, 5) is 4.59. The van der Waals surface area contributed by atoms with Crippen LogP contribution in [0, 0.1) is 5.92 Å². The van der Waals surface area contributed by atoms with Gasteiger partial charge in [-0.1, -0.05) is 6.07 Å². The summed E-state index contributed by atoms with van der Waals surface area (Å²) in [5.41, 5.74) is 0.851. The Balaban J connectivity index is 1.75. The number of pyridine rings is 1. The molecule has 2 aliphatic rings. The Hall–Kier alpha value is -1.95. The van der Waals surface area contributed by atoms with Crippen LogP contribution in [0.15, 0.2) is 18.2 Å². The zero-order valence-corrected chi connectivity index (χ0v) is 12.8. The number of hydrogen-bond donors (Lipinski definition) is 1. The SMILES string of the molecule is CCOc1cccc(-c2nnc3n2[C@@H]2CCNC[C@H]2CC3)n1. The van der Waals surface area contributed by atoms with Crippen LogP contribution < -0.4 is 10.1 Å². The first kappa shape index (κ1) is 13.7. The van der Waals surface area contributed by atoms with E-state index >= 15 is 0 Å². The van der Waals surface area contributed by atoms with Gasteiger partial charge in [0.15, 0.2) is 5.82 Å². The number of aromatic nitrogens is 4. The topological polar surface area (TPSA) is 64.9 Å². The predicted molar refractivity (Wildman–Crippen MR) is 82.8 cm³/mol. The van der Waals surface area contributed by atoms with Gasteiger partial charge >= 0.3 is 0 Å². The Morgan fingerprint density at radius 1 is 1.32 bits per heavy atom. The van der Waals surface area contributed by atoms with E-state index in [1.54, 1.807) is 0 Å². The van der Waals surface area contributed by atoms with Gasteiger partial charge in [-0.05, 0) is 44.8 Å². The maximum absolute atomic E-state index is 5.52. The fourth-order valence-electron chi connectivity index (χ4n) is 3.64. The van der Waals surface area contributed by atoms with Gasteiger partial charge in [0.25, 0.3) is 0 Å². The Morgan fingerprint density at radius 2 is 2.27 bits per heavy atom. The van der Waals surface area contributed by atoms with E-state index in [2.05, 4.69) is 25.1 Å². The van der Waals surface area contributed by atoms with Crippen LogP contribution in [0.2, 0.25) is 0 Å². The summed E-state index contributed by atoms with van der Waals surface area (Å²) >= 11 is 0. The molecule has 0 saturated carbocycles. The van der Waals surface area contributed by atoms with Crippen LogP contribution >= 0.6 is 0 Å². The third kappa shape index (κ3) is 2.27. The number of nitrogens with zero attached hydrogens (tertiary/aromatic N) is 4. The normalized spacial score (nSPS) is 23.7. The first-order valence-electron chi connectivity index (χ1n) is 8.11. The van der Waals surface area contributed by atoms with Gasteiger partial charge in [0.1, 0.15) is 11.5 Å². The van der Waals surface area contributed by atoms with Crippen LogP contribution in [0.3, 0.4) is 0 Å². The molecule has 0 spiro atoms. The van der Waals surface area contributed by atoms with E-state index in [1.165, 1.54) is 6.42 Å². The summed E-state index contributed by atoms with van der Waals surface area (Å²) < 4.78 is 7.84. The van der Waals surface area contributed by atoms with E-state index in [4.69, 9.17) is 4.74 Å². The number of nitrogens with one attached hydrogen (secondary N) is 1. The lowest BCUT2D eigenvalue weighted by Gasteiger charge is -2.37. The summed E-state index contributed by atoms with van der Waals surface area (Å²) in [6.07, 6.45) is 3.33.